The van der Waals surface area contributed by atoms with E-state index in [1.165, 1.54) is 24.0 Å². The molecule has 136 valence electrons. The van der Waals surface area contributed by atoms with Gasteiger partial charge in [0.1, 0.15) is 0 Å². The van der Waals surface area contributed by atoms with Crippen LogP contribution in [0.25, 0.3) is 0 Å². The minimum absolute atomic E-state index is 0.162. The second-order valence-corrected chi connectivity index (χ2v) is 8.70. The highest BCUT2D eigenvalue weighted by Gasteiger charge is 2.54. The topological polar surface area (TPSA) is 26.3 Å². The monoisotopic (exact) mass is 340 g/mol. The van der Waals surface area contributed by atoms with Crippen LogP contribution in [0.15, 0.2) is 42.0 Å². The first-order valence-corrected chi connectivity index (χ1v) is 9.69. The molecule has 4 atom stereocenters. The van der Waals surface area contributed by atoms with Gasteiger partial charge in [0, 0.05) is 13.0 Å². The molecule has 3 rings (SSSR count). The van der Waals surface area contributed by atoms with Crippen LogP contribution in [-0.2, 0) is 16.1 Å². The number of hydrogen-bond acceptors (Lipinski definition) is 2. The van der Waals surface area contributed by atoms with Crippen molar-refractivity contribution >= 4 is 5.78 Å². The maximum Gasteiger partial charge on any atom is 0.155 e. The molecule has 0 amide bonds. The first kappa shape index (κ1) is 18.4. The van der Waals surface area contributed by atoms with E-state index >= 15 is 0 Å². The van der Waals surface area contributed by atoms with Crippen LogP contribution in [0.2, 0.25) is 0 Å². The first-order valence-electron chi connectivity index (χ1n) is 9.69. The first-order chi connectivity index (χ1) is 11.9. The van der Waals surface area contributed by atoms with E-state index in [-0.39, 0.29) is 10.8 Å². The molecule has 2 nitrogen and oxygen atoms in total. The van der Waals surface area contributed by atoms with Crippen molar-refractivity contribution in [3.63, 3.8) is 0 Å². The Balaban J connectivity index is 1.69. The quantitative estimate of drug-likeness (QED) is 0.655. The molecule has 1 aromatic rings. The lowest BCUT2D eigenvalue weighted by Gasteiger charge is -2.57. The van der Waals surface area contributed by atoms with Crippen molar-refractivity contribution in [3.05, 3.63) is 47.5 Å². The zero-order valence-corrected chi connectivity index (χ0v) is 16.2. The number of carbonyl (C=O) groups excluding carboxylic acids is 1. The Morgan fingerprint density at radius 3 is 2.64 bits per heavy atom. The molecule has 2 aliphatic carbocycles. The zero-order chi connectivity index (χ0) is 18.1. The molecule has 0 heterocycles. The van der Waals surface area contributed by atoms with E-state index < -0.39 is 0 Å². The number of ketones is 1. The fourth-order valence-corrected chi connectivity index (χ4v) is 5.17. The van der Waals surface area contributed by atoms with Gasteiger partial charge in [0.25, 0.3) is 0 Å². The highest BCUT2D eigenvalue weighted by atomic mass is 16.5. The summed E-state index contributed by atoms with van der Waals surface area (Å²) in [6.07, 6.45) is 6.07. The molecule has 25 heavy (non-hydrogen) atoms. The van der Waals surface area contributed by atoms with Crippen LogP contribution < -0.4 is 0 Å². The molecular formula is C23H32O2. The molecule has 1 fully saturated rings. The van der Waals surface area contributed by atoms with Crippen molar-refractivity contribution in [1.82, 2.24) is 0 Å². The summed E-state index contributed by atoms with van der Waals surface area (Å²) in [6, 6.07) is 10.4. The van der Waals surface area contributed by atoms with Crippen molar-refractivity contribution in [3.8, 4) is 0 Å². The Kier molecular flexibility index (Phi) is 5.20. The van der Waals surface area contributed by atoms with Crippen molar-refractivity contribution in [1.29, 1.82) is 0 Å². The summed E-state index contributed by atoms with van der Waals surface area (Å²) in [5.74, 6) is 1.37. The maximum atomic E-state index is 12.3. The van der Waals surface area contributed by atoms with E-state index in [9.17, 15) is 4.79 Å². The molecule has 2 aliphatic rings. The number of rotatable bonds is 5. The van der Waals surface area contributed by atoms with Crippen LogP contribution in [0, 0.1) is 22.7 Å². The van der Waals surface area contributed by atoms with Crippen molar-refractivity contribution in [2.75, 3.05) is 6.61 Å². The predicted molar refractivity (Wildman–Crippen MR) is 102 cm³/mol. The number of carbonyl (C=O) groups is 1. The third-order valence-electron chi connectivity index (χ3n) is 7.37. The highest BCUT2D eigenvalue weighted by molar-refractivity contribution is 5.92. The summed E-state index contributed by atoms with van der Waals surface area (Å²) in [4.78, 5) is 12.3. The molecule has 0 aliphatic heterocycles. The van der Waals surface area contributed by atoms with Crippen molar-refractivity contribution < 1.29 is 9.53 Å². The lowest BCUT2D eigenvalue weighted by molar-refractivity contribution is -0.124. The summed E-state index contributed by atoms with van der Waals surface area (Å²) in [7, 11) is 0. The average Bonchev–Trinajstić information content (AvgIpc) is 2.59. The largest absolute Gasteiger partial charge is 0.377 e. The van der Waals surface area contributed by atoms with E-state index in [1.54, 1.807) is 0 Å². The fraction of sp³-hybridized carbons (Fsp3) is 0.609. The van der Waals surface area contributed by atoms with Gasteiger partial charge in [0.05, 0.1) is 6.61 Å². The van der Waals surface area contributed by atoms with Gasteiger partial charge in [0.2, 0.25) is 0 Å². The van der Waals surface area contributed by atoms with Crippen LogP contribution in [0.5, 0.6) is 0 Å². The van der Waals surface area contributed by atoms with Gasteiger partial charge in [-0.25, -0.2) is 0 Å². The molecule has 0 bridgehead atoms. The lowest BCUT2D eigenvalue weighted by Crippen LogP contribution is -2.51. The fourth-order valence-electron chi connectivity index (χ4n) is 5.17. The zero-order valence-electron chi connectivity index (χ0n) is 16.2. The van der Waals surface area contributed by atoms with Crippen LogP contribution in [0.3, 0.4) is 0 Å². The molecule has 0 spiro atoms. The van der Waals surface area contributed by atoms with Crippen LogP contribution in [0.4, 0.5) is 0 Å². The van der Waals surface area contributed by atoms with Gasteiger partial charge in [-0.3, -0.25) is 4.79 Å². The van der Waals surface area contributed by atoms with Gasteiger partial charge in [-0.1, -0.05) is 56.7 Å². The SMILES string of the molecule is CC1=CC(=O)C[C@H]2[C@](C)(CCOCc3ccccc3)[C@H](C)CC[C@@]12C. The summed E-state index contributed by atoms with van der Waals surface area (Å²) in [5.41, 5.74) is 2.85. The van der Waals surface area contributed by atoms with Crippen LogP contribution >= 0.6 is 0 Å². The highest BCUT2D eigenvalue weighted by Crippen LogP contribution is 2.60. The molecule has 2 heteroatoms. The molecular weight excluding hydrogens is 308 g/mol. The van der Waals surface area contributed by atoms with Gasteiger partial charge in [-0.05, 0) is 60.5 Å². The summed E-state index contributed by atoms with van der Waals surface area (Å²) >= 11 is 0. The summed E-state index contributed by atoms with van der Waals surface area (Å²) in [6.45, 7) is 10.7. The lowest BCUT2D eigenvalue weighted by atomic mass is 9.47. The van der Waals surface area contributed by atoms with Gasteiger partial charge in [-0.2, -0.15) is 0 Å². The average molecular weight is 341 g/mol. The molecule has 0 radical (unpaired) electrons. The molecule has 1 saturated carbocycles. The van der Waals surface area contributed by atoms with E-state index in [0.29, 0.717) is 30.6 Å². The Hall–Kier alpha value is -1.41. The van der Waals surface area contributed by atoms with E-state index in [4.69, 9.17) is 4.74 Å². The van der Waals surface area contributed by atoms with Gasteiger partial charge in [0.15, 0.2) is 5.78 Å². The number of ether oxygens (including phenoxy) is 1. The summed E-state index contributed by atoms with van der Waals surface area (Å²) < 4.78 is 6.00. The van der Waals surface area contributed by atoms with Crippen molar-refractivity contribution in [2.24, 2.45) is 22.7 Å². The standard InChI is InChI=1S/C23H32O2/c1-17-10-11-22(3)18(2)14-20(24)15-21(22)23(17,4)12-13-25-16-19-8-6-5-7-9-19/h5-9,14,17,21H,10-13,15-16H2,1-4H3/t17-,21-,22+,23-/m1/s1. The Labute approximate surface area is 152 Å². The third-order valence-corrected chi connectivity index (χ3v) is 7.37. The van der Waals surface area contributed by atoms with Gasteiger partial charge < -0.3 is 4.74 Å². The second kappa shape index (κ2) is 7.07. The molecule has 0 aromatic heterocycles. The van der Waals surface area contributed by atoms with E-state index in [0.717, 1.165) is 13.0 Å². The number of allylic oxidation sites excluding steroid dienone is 2. The molecule has 0 saturated heterocycles. The summed E-state index contributed by atoms with van der Waals surface area (Å²) in [5, 5.41) is 0. The van der Waals surface area contributed by atoms with Crippen LogP contribution in [-0.4, -0.2) is 12.4 Å². The molecule has 0 unspecified atom stereocenters. The van der Waals surface area contributed by atoms with Crippen molar-refractivity contribution in [2.45, 2.75) is 60.0 Å². The third kappa shape index (κ3) is 3.46. The Morgan fingerprint density at radius 1 is 1.20 bits per heavy atom. The molecule has 1 aromatic carbocycles. The van der Waals surface area contributed by atoms with E-state index in [2.05, 4.69) is 52.0 Å². The predicted octanol–water partition coefficient (Wildman–Crippen LogP) is 5.57. The minimum Gasteiger partial charge on any atom is -0.377 e. The number of hydrogen-bond donors (Lipinski definition) is 0. The number of benzene rings is 1. The molecule has 0 N–H and O–H groups in total. The van der Waals surface area contributed by atoms with E-state index in [1.807, 2.05) is 12.1 Å². The van der Waals surface area contributed by atoms with Gasteiger partial charge in [-0.15, -0.1) is 0 Å². The normalized spacial score (nSPS) is 35.2. The number of fused-ring (bicyclic) bond motifs is 1. The smallest absolute Gasteiger partial charge is 0.155 e. The minimum atomic E-state index is 0.162. The maximum absolute atomic E-state index is 12.3. The Morgan fingerprint density at radius 2 is 1.92 bits per heavy atom. The Bertz CT molecular complexity index is 647. The second-order valence-electron chi connectivity index (χ2n) is 8.70. The van der Waals surface area contributed by atoms with Crippen LogP contribution in [0.1, 0.15) is 58.9 Å². The van der Waals surface area contributed by atoms with Gasteiger partial charge >= 0.3 is 0 Å².